The van der Waals surface area contributed by atoms with Crippen LogP contribution in [0.5, 0.6) is 0 Å². The van der Waals surface area contributed by atoms with Gasteiger partial charge in [0.05, 0.1) is 29.0 Å². The highest BCUT2D eigenvalue weighted by atomic mass is 16.2. The van der Waals surface area contributed by atoms with E-state index in [9.17, 15) is 4.79 Å². The SMILES string of the molecule is CCCNC(=O)C(C)NCc1cnc2ccccc2n1. The molecule has 2 aromatic rings. The summed E-state index contributed by atoms with van der Waals surface area (Å²) in [6.45, 7) is 5.11. The Bertz CT molecular complexity index is 585. The van der Waals surface area contributed by atoms with Crippen molar-refractivity contribution >= 4 is 16.9 Å². The number of amides is 1. The maximum Gasteiger partial charge on any atom is 0.236 e. The van der Waals surface area contributed by atoms with Crippen LogP contribution in [0.2, 0.25) is 0 Å². The van der Waals surface area contributed by atoms with Crippen LogP contribution in [-0.4, -0.2) is 28.5 Å². The number of carbonyl (C=O) groups is 1. The molecule has 5 heteroatoms. The van der Waals surface area contributed by atoms with Crippen molar-refractivity contribution in [2.45, 2.75) is 32.9 Å². The summed E-state index contributed by atoms with van der Waals surface area (Å²) in [4.78, 5) is 20.6. The molecule has 2 rings (SSSR count). The number of nitrogens with zero attached hydrogens (tertiary/aromatic N) is 2. The fourth-order valence-corrected chi connectivity index (χ4v) is 1.83. The highest BCUT2D eigenvalue weighted by Crippen LogP contribution is 2.08. The van der Waals surface area contributed by atoms with Gasteiger partial charge in [-0.2, -0.15) is 0 Å². The van der Waals surface area contributed by atoms with Gasteiger partial charge in [-0.15, -0.1) is 0 Å². The first kappa shape index (κ1) is 14.4. The second-order valence-electron chi connectivity index (χ2n) is 4.74. The lowest BCUT2D eigenvalue weighted by atomic mass is 10.2. The van der Waals surface area contributed by atoms with Crippen molar-refractivity contribution in [3.63, 3.8) is 0 Å². The Labute approximate surface area is 118 Å². The van der Waals surface area contributed by atoms with Gasteiger partial charge in [0.25, 0.3) is 0 Å². The second kappa shape index (κ2) is 6.96. The molecule has 1 unspecified atom stereocenters. The highest BCUT2D eigenvalue weighted by molar-refractivity contribution is 5.81. The zero-order valence-corrected chi connectivity index (χ0v) is 11.9. The van der Waals surface area contributed by atoms with E-state index in [0.717, 1.165) is 23.1 Å². The van der Waals surface area contributed by atoms with Gasteiger partial charge in [0, 0.05) is 13.1 Å². The van der Waals surface area contributed by atoms with Gasteiger partial charge in [-0.25, -0.2) is 4.98 Å². The molecule has 106 valence electrons. The maximum atomic E-state index is 11.7. The van der Waals surface area contributed by atoms with E-state index in [2.05, 4.69) is 20.6 Å². The lowest BCUT2D eigenvalue weighted by Crippen LogP contribution is -2.42. The number of carbonyl (C=O) groups excluding carboxylic acids is 1. The third-order valence-corrected chi connectivity index (χ3v) is 3.03. The van der Waals surface area contributed by atoms with Crippen molar-refractivity contribution in [2.24, 2.45) is 0 Å². The average Bonchev–Trinajstić information content (AvgIpc) is 2.50. The van der Waals surface area contributed by atoms with Crippen molar-refractivity contribution in [1.82, 2.24) is 20.6 Å². The Kier molecular flexibility index (Phi) is 5.01. The minimum Gasteiger partial charge on any atom is -0.355 e. The number of benzene rings is 1. The quantitative estimate of drug-likeness (QED) is 0.839. The summed E-state index contributed by atoms with van der Waals surface area (Å²) in [6.07, 6.45) is 2.68. The third-order valence-electron chi connectivity index (χ3n) is 3.03. The summed E-state index contributed by atoms with van der Waals surface area (Å²) in [5.41, 5.74) is 2.58. The molecule has 20 heavy (non-hydrogen) atoms. The number of fused-ring (bicyclic) bond motifs is 1. The Morgan fingerprint density at radius 1 is 1.30 bits per heavy atom. The molecule has 0 saturated carbocycles. The van der Waals surface area contributed by atoms with Gasteiger partial charge in [0.15, 0.2) is 0 Å². The van der Waals surface area contributed by atoms with E-state index >= 15 is 0 Å². The lowest BCUT2D eigenvalue weighted by Gasteiger charge is -2.13. The van der Waals surface area contributed by atoms with Crippen LogP contribution in [0.15, 0.2) is 30.5 Å². The monoisotopic (exact) mass is 272 g/mol. The minimum absolute atomic E-state index is 0.0144. The number of aromatic nitrogens is 2. The van der Waals surface area contributed by atoms with Crippen LogP contribution < -0.4 is 10.6 Å². The lowest BCUT2D eigenvalue weighted by molar-refractivity contribution is -0.122. The van der Waals surface area contributed by atoms with E-state index in [0.29, 0.717) is 13.1 Å². The first-order valence-electron chi connectivity index (χ1n) is 6.92. The number of hydrogen-bond acceptors (Lipinski definition) is 4. The molecule has 1 amide bonds. The molecule has 0 aliphatic carbocycles. The highest BCUT2D eigenvalue weighted by Gasteiger charge is 2.11. The number of hydrogen-bond donors (Lipinski definition) is 2. The summed E-state index contributed by atoms with van der Waals surface area (Å²) >= 11 is 0. The van der Waals surface area contributed by atoms with Crippen LogP contribution >= 0.6 is 0 Å². The summed E-state index contributed by atoms with van der Waals surface area (Å²) in [5.74, 6) is 0.0144. The smallest absolute Gasteiger partial charge is 0.236 e. The molecule has 0 aliphatic rings. The van der Waals surface area contributed by atoms with Gasteiger partial charge < -0.3 is 10.6 Å². The van der Waals surface area contributed by atoms with Gasteiger partial charge in [-0.1, -0.05) is 19.1 Å². The molecule has 2 N–H and O–H groups in total. The number of rotatable bonds is 6. The van der Waals surface area contributed by atoms with E-state index in [4.69, 9.17) is 0 Å². The predicted octanol–water partition coefficient (Wildman–Crippen LogP) is 1.63. The summed E-state index contributed by atoms with van der Waals surface area (Å²) in [6, 6.07) is 7.50. The molecule has 1 aromatic heterocycles. The van der Waals surface area contributed by atoms with Gasteiger partial charge in [-0.3, -0.25) is 9.78 Å². The van der Waals surface area contributed by atoms with Crippen molar-refractivity contribution < 1.29 is 4.79 Å². The molecule has 1 heterocycles. The Hall–Kier alpha value is -2.01. The van der Waals surface area contributed by atoms with Gasteiger partial charge in [0.2, 0.25) is 5.91 Å². The van der Waals surface area contributed by atoms with Crippen LogP contribution in [0.4, 0.5) is 0 Å². The van der Waals surface area contributed by atoms with E-state index in [-0.39, 0.29) is 11.9 Å². The molecular formula is C15H20N4O. The van der Waals surface area contributed by atoms with Crippen molar-refractivity contribution in [3.8, 4) is 0 Å². The topological polar surface area (TPSA) is 66.9 Å². The summed E-state index contributed by atoms with van der Waals surface area (Å²) in [7, 11) is 0. The fraction of sp³-hybridized carbons (Fsp3) is 0.400. The standard InChI is InChI=1S/C15H20N4O/c1-3-8-16-15(20)11(2)17-9-12-10-18-13-6-4-5-7-14(13)19-12/h4-7,10-11,17H,3,8-9H2,1-2H3,(H,16,20). The molecule has 0 fully saturated rings. The van der Waals surface area contributed by atoms with E-state index in [1.165, 1.54) is 0 Å². The summed E-state index contributed by atoms with van der Waals surface area (Å²) in [5, 5.41) is 6.02. The van der Waals surface area contributed by atoms with Crippen LogP contribution in [0.25, 0.3) is 11.0 Å². The molecule has 1 aromatic carbocycles. The molecule has 0 bridgehead atoms. The van der Waals surface area contributed by atoms with Gasteiger partial charge in [-0.05, 0) is 25.5 Å². The zero-order valence-electron chi connectivity index (χ0n) is 11.9. The first-order chi connectivity index (χ1) is 9.70. The molecule has 5 nitrogen and oxygen atoms in total. The first-order valence-corrected chi connectivity index (χ1v) is 6.92. The second-order valence-corrected chi connectivity index (χ2v) is 4.74. The van der Waals surface area contributed by atoms with Crippen LogP contribution in [-0.2, 0) is 11.3 Å². The van der Waals surface area contributed by atoms with Crippen LogP contribution in [0, 0.1) is 0 Å². The third kappa shape index (κ3) is 3.74. The van der Waals surface area contributed by atoms with Crippen LogP contribution in [0.1, 0.15) is 26.0 Å². The predicted molar refractivity (Wildman–Crippen MR) is 79.1 cm³/mol. The minimum atomic E-state index is -0.241. The molecule has 0 radical (unpaired) electrons. The Balaban J connectivity index is 1.93. The van der Waals surface area contributed by atoms with E-state index < -0.39 is 0 Å². The van der Waals surface area contributed by atoms with Crippen LogP contribution in [0.3, 0.4) is 0 Å². The molecular weight excluding hydrogens is 252 g/mol. The van der Waals surface area contributed by atoms with Crippen molar-refractivity contribution in [2.75, 3.05) is 6.54 Å². The number of para-hydroxylation sites is 2. The van der Waals surface area contributed by atoms with E-state index in [1.807, 2.05) is 38.1 Å². The van der Waals surface area contributed by atoms with E-state index in [1.54, 1.807) is 6.20 Å². The molecule has 0 aliphatic heterocycles. The van der Waals surface area contributed by atoms with Crippen molar-refractivity contribution in [1.29, 1.82) is 0 Å². The Morgan fingerprint density at radius 2 is 2.05 bits per heavy atom. The molecule has 0 saturated heterocycles. The molecule has 0 spiro atoms. The molecule has 1 atom stereocenters. The van der Waals surface area contributed by atoms with Gasteiger partial charge >= 0.3 is 0 Å². The largest absolute Gasteiger partial charge is 0.355 e. The fourth-order valence-electron chi connectivity index (χ4n) is 1.83. The van der Waals surface area contributed by atoms with Crippen molar-refractivity contribution in [3.05, 3.63) is 36.2 Å². The zero-order chi connectivity index (χ0) is 14.4. The normalized spacial score (nSPS) is 12.3. The average molecular weight is 272 g/mol. The summed E-state index contributed by atoms with van der Waals surface area (Å²) < 4.78 is 0. The Morgan fingerprint density at radius 3 is 2.80 bits per heavy atom. The number of nitrogens with one attached hydrogen (secondary N) is 2. The maximum absolute atomic E-state index is 11.7. The van der Waals surface area contributed by atoms with Gasteiger partial charge in [0.1, 0.15) is 0 Å².